The van der Waals surface area contributed by atoms with Crippen LogP contribution in [0, 0.1) is 11.8 Å². The van der Waals surface area contributed by atoms with Crippen LogP contribution in [0.5, 0.6) is 0 Å². The summed E-state index contributed by atoms with van der Waals surface area (Å²) in [5.74, 6) is 6.25. The lowest BCUT2D eigenvalue weighted by atomic mass is 10.1. The van der Waals surface area contributed by atoms with Crippen molar-refractivity contribution in [3.8, 4) is 11.8 Å². The molecule has 0 aliphatic rings. The molecule has 24 heavy (non-hydrogen) atoms. The van der Waals surface area contributed by atoms with Crippen LogP contribution < -0.4 is 5.32 Å². The minimum absolute atomic E-state index is 0.317. The van der Waals surface area contributed by atoms with Crippen molar-refractivity contribution < 1.29 is 9.53 Å². The van der Waals surface area contributed by atoms with Crippen molar-refractivity contribution in [2.24, 2.45) is 0 Å². The molecule has 0 saturated heterocycles. The monoisotopic (exact) mass is 321 g/mol. The van der Waals surface area contributed by atoms with Crippen molar-refractivity contribution in [3.05, 3.63) is 71.8 Å². The lowest BCUT2D eigenvalue weighted by Crippen LogP contribution is -2.39. The lowest BCUT2D eigenvalue weighted by Gasteiger charge is -2.21. The first-order valence-corrected chi connectivity index (χ1v) is 8.02. The molecule has 0 aliphatic carbocycles. The highest BCUT2D eigenvalue weighted by atomic mass is 16.6. The first-order chi connectivity index (χ1) is 11.4. The molecule has 124 valence electrons. The first-order valence-electron chi connectivity index (χ1n) is 8.02. The molecule has 1 amide bonds. The van der Waals surface area contributed by atoms with Gasteiger partial charge in [0.15, 0.2) is 0 Å². The summed E-state index contributed by atoms with van der Waals surface area (Å²) in [5.41, 5.74) is 1.50. The van der Waals surface area contributed by atoms with E-state index in [-0.39, 0.29) is 6.04 Å². The Morgan fingerprint density at radius 1 is 1.04 bits per heavy atom. The molecule has 0 fully saturated rings. The number of benzene rings is 2. The molecular weight excluding hydrogens is 298 g/mol. The van der Waals surface area contributed by atoms with Crippen molar-refractivity contribution in [1.82, 2.24) is 5.32 Å². The van der Waals surface area contributed by atoms with Crippen molar-refractivity contribution in [2.75, 3.05) is 0 Å². The number of amides is 1. The van der Waals surface area contributed by atoms with E-state index in [0.29, 0.717) is 6.42 Å². The average molecular weight is 321 g/mol. The van der Waals surface area contributed by atoms with E-state index in [2.05, 4.69) is 17.2 Å². The van der Waals surface area contributed by atoms with Crippen molar-refractivity contribution >= 4 is 6.09 Å². The van der Waals surface area contributed by atoms with E-state index in [1.165, 1.54) is 0 Å². The van der Waals surface area contributed by atoms with Gasteiger partial charge >= 0.3 is 6.09 Å². The van der Waals surface area contributed by atoms with Gasteiger partial charge in [0.1, 0.15) is 5.60 Å². The number of hydrogen-bond acceptors (Lipinski definition) is 2. The van der Waals surface area contributed by atoms with Crippen LogP contribution in [0.25, 0.3) is 0 Å². The smallest absolute Gasteiger partial charge is 0.408 e. The fourth-order valence-corrected chi connectivity index (χ4v) is 2.13. The predicted molar refractivity (Wildman–Crippen MR) is 96.6 cm³/mol. The van der Waals surface area contributed by atoms with E-state index in [9.17, 15) is 4.79 Å². The number of hydrogen-bond donors (Lipinski definition) is 1. The van der Waals surface area contributed by atoms with Crippen molar-refractivity contribution in [3.63, 3.8) is 0 Å². The van der Waals surface area contributed by atoms with Crippen LogP contribution in [0.4, 0.5) is 4.79 Å². The van der Waals surface area contributed by atoms with Gasteiger partial charge in [-0.1, -0.05) is 60.4 Å². The van der Waals surface area contributed by atoms with E-state index < -0.39 is 11.7 Å². The van der Waals surface area contributed by atoms with Crippen LogP contribution >= 0.6 is 0 Å². The first kappa shape index (κ1) is 17.6. The van der Waals surface area contributed by atoms with E-state index in [1.807, 2.05) is 81.4 Å². The molecule has 1 atom stereocenters. The molecule has 0 unspecified atom stereocenters. The summed E-state index contributed by atoms with van der Waals surface area (Å²) >= 11 is 0. The van der Waals surface area contributed by atoms with Crippen LogP contribution in [0.3, 0.4) is 0 Å². The summed E-state index contributed by atoms with van der Waals surface area (Å²) < 4.78 is 5.34. The Kier molecular flexibility index (Phi) is 6.03. The number of rotatable bonds is 3. The molecular formula is C21H23NO2. The third kappa shape index (κ3) is 6.58. The minimum atomic E-state index is -0.533. The molecule has 2 aromatic rings. The molecule has 2 rings (SSSR count). The lowest BCUT2D eigenvalue weighted by molar-refractivity contribution is 0.0516. The zero-order valence-corrected chi connectivity index (χ0v) is 14.4. The fraction of sp³-hybridized carbons (Fsp3) is 0.286. The number of carbonyl (C=O) groups is 1. The second-order valence-corrected chi connectivity index (χ2v) is 6.52. The van der Waals surface area contributed by atoms with E-state index >= 15 is 0 Å². The van der Waals surface area contributed by atoms with Gasteiger partial charge in [0.2, 0.25) is 0 Å². The molecule has 0 bridgehead atoms. The Hall–Kier alpha value is -2.73. The normalized spacial score (nSPS) is 11.8. The van der Waals surface area contributed by atoms with E-state index in [4.69, 9.17) is 4.74 Å². The third-order valence-corrected chi connectivity index (χ3v) is 3.14. The molecule has 1 N–H and O–H groups in total. The number of nitrogens with one attached hydrogen (secondary N) is 1. The van der Waals surface area contributed by atoms with Crippen LogP contribution in [0.1, 0.15) is 31.9 Å². The van der Waals surface area contributed by atoms with E-state index in [0.717, 1.165) is 11.1 Å². The zero-order valence-electron chi connectivity index (χ0n) is 14.4. The van der Waals surface area contributed by atoms with Gasteiger partial charge < -0.3 is 10.1 Å². The van der Waals surface area contributed by atoms with Gasteiger partial charge in [-0.25, -0.2) is 4.79 Å². The van der Waals surface area contributed by atoms with Gasteiger partial charge in [-0.2, -0.15) is 0 Å². The van der Waals surface area contributed by atoms with Gasteiger partial charge in [0.25, 0.3) is 0 Å². The summed E-state index contributed by atoms with van der Waals surface area (Å²) in [7, 11) is 0. The summed E-state index contributed by atoms with van der Waals surface area (Å²) in [6, 6.07) is 19.4. The Morgan fingerprint density at radius 3 is 2.21 bits per heavy atom. The van der Waals surface area contributed by atoms with Crippen LogP contribution in [-0.4, -0.2) is 17.7 Å². The SMILES string of the molecule is CC(C)(C)OC(=O)N[C@H](C#Cc1ccccc1)Cc1ccccc1. The van der Waals surface area contributed by atoms with Gasteiger partial charge in [-0.05, 0) is 38.5 Å². The van der Waals surface area contributed by atoms with Crippen molar-refractivity contribution in [1.29, 1.82) is 0 Å². The Balaban J connectivity index is 2.12. The maximum Gasteiger partial charge on any atom is 0.408 e. The van der Waals surface area contributed by atoms with Crippen molar-refractivity contribution in [2.45, 2.75) is 38.8 Å². The maximum atomic E-state index is 12.1. The highest BCUT2D eigenvalue weighted by Crippen LogP contribution is 2.08. The fourth-order valence-electron chi connectivity index (χ4n) is 2.13. The number of carbonyl (C=O) groups excluding carboxylic acids is 1. The minimum Gasteiger partial charge on any atom is -0.444 e. The molecule has 0 aromatic heterocycles. The molecule has 2 aromatic carbocycles. The molecule has 0 heterocycles. The molecule has 0 aliphatic heterocycles. The largest absolute Gasteiger partial charge is 0.444 e. The molecule has 0 radical (unpaired) electrons. The second kappa shape index (κ2) is 8.21. The van der Waals surface area contributed by atoms with Crippen LogP contribution in [0.2, 0.25) is 0 Å². The number of alkyl carbamates (subject to hydrolysis) is 1. The van der Waals surface area contributed by atoms with Crippen LogP contribution in [-0.2, 0) is 11.2 Å². The topological polar surface area (TPSA) is 38.3 Å². The Labute approximate surface area is 144 Å². The summed E-state index contributed by atoms with van der Waals surface area (Å²) in [6.45, 7) is 5.53. The highest BCUT2D eigenvalue weighted by Gasteiger charge is 2.18. The summed E-state index contributed by atoms with van der Waals surface area (Å²) in [6.07, 6.45) is 0.172. The highest BCUT2D eigenvalue weighted by molar-refractivity contribution is 5.68. The predicted octanol–water partition coefficient (Wildman–Crippen LogP) is 4.17. The summed E-state index contributed by atoms with van der Waals surface area (Å²) in [4.78, 5) is 12.1. The van der Waals surface area contributed by atoms with Gasteiger partial charge in [0.05, 0.1) is 6.04 Å². The molecule has 3 heteroatoms. The second-order valence-electron chi connectivity index (χ2n) is 6.52. The zero-order chi connectivity index (χ0) is 17.4. The Bertz CT molecular complexity index is 706. The third-order valence-electron chi connectivity index (χ3n) is 3.14. The standard InChI is InChI=1S/C21H23NO2/c1-21(2,3)24-20(23)22-19(16-18-12-8-5-9-13-18)15-14-17-10-6-4-7-11-17/h4-13,19H,16H2,1-3H3,(H,22,23)/t19-/m1/s1. The maximum absolute atomic E-state index is 12.1. The van der Waals surface area contributed by atoms with Crippen LogP contribution in [0.15, 0.2) is 60.7 Å². The Morgan fingerprint density at radius 2 is 1.62 bits per heavy atom. The number of ether oxygens (including phenoxy) is 1. The van der Waals surface area contributed by atoms with E-state index in [1.54, 1.807) is 0 Å². The molecule has 0 spiro atoms. The molecule has 0 saturated carbocycles. The summed E-state index contributed by atoms with van der Waals surface area (Å²) in [5, 5.41) is 2.86. The molecule has 3 nitrogen and oxygen atoms in total. The average Bonchev–Trinajstić information content (AvgIpc) is 2.53. The van der Waals surface area contributed by atoms with Gasteiger partial charge in [0, 0.05) is 12.0 Å². The van der Waals surface area contributed by atoms with Gasteiger partial charge in [-0.3, -0.25) is 0 Å². The van der Waals surface area contributed by atoms with Gasteiger partial charge in [-0.15, -0.1) is 0 Å². The quantitative estimate of drug-likeness (QED) is 0.862.